The largest absolute Gasteiger partial charge is 0.269 e. The average molecular weight is 402 g/mol. The standard InChI is InChI=1S/9F2.3FH/c9*1-2;;;/h;;;;;;;;;3*1H. The summed E-state index contributed by atoms with van der Waals surface area (Å²) in [5, 5.41) is 0. The van der Waals surface area contributed by atoms with Gasteiger partial charge in [-0.2, -0.15) is 0 Å². The van der Waals surface area contributed by atoms with E-state index >= 15 is 0 Å². The molecule has 0 rings (SSSR count). The minimum Gasteiger partial charge on any atom is -0.269 e. The van der Waals surface area contributed by atoms with Gasteiger partial charge in [0.2, 0.25) is 0 Å². The van der Waals surface area contributed by atoms with Crippen LogP contribution in [0, 0.1) is 0 Å². The summed E-state index contributed by atoms with van der Waals surface area (Å²) in [5.41, 5.74) is 0. The fourth-order valence-electron chi connectivity index (χ4n) is 0. The lowest BCUT2D eigenvalue weighted by molar-refractivity contribution is 0.108. The van der Waals surface area contributed by atoms with E-state index in [9.17, 15) is 0 Å². The van der Waals surface area contributed by atoms with Crippen LogP contribution in [0.15, 0.2) is 0 Å². The molecule has 0 atom stereocenters. The molecule has 0 amide bonds. The highest BCUT2D eigenvalue weighted by Gasteiger charge is 1.02. The molecule has 0 aliphatic rings. The van der Waals surface area contributed by atoms with Crippen molar-refractivity contribution in [1.82, 2.24) is 0 Å². The summed E-state index contributed by atoms with van der Waals surface area (Å²) in [4.78, 5) is 0. The highest BCUT2D eigenvalue weighted by atomic mass is 20.0. The Hall–Kier alpha value is -1.47. The van der Waals surface area contributed by atoms with Gasteiger partial charge in [0.1, 0.15) is 0 Å². The average Bonchev–Trinajstić information content (AvgIpc) is 2.63. The van der Waals surface area contributed by atoms with Crippen molar-refractivity contribution in [3.63, 3.8) is 0 Å². The minimum atomic E-state index is 0. The lowest BCUT2D eigenvalue weighted by atomic mass is 18.0. The van der Waals surface area contributed by atoms with Crippen molar-refractivity contribution < 1.29 is 96.4 Å². The van der Waals surface area contributed by atoms with Gasteiger partial charge in [-0.3, -0.25) is 14.1 Å². The maximum atomic E-state index is 8.00. The van der Waals surface area contributed by atoms with Gasteiger partial charge in [0, 0.05) is 82.3 Å². The summed E-state index contributed by atoms with van der Waals surface area (Å²) in [6.45, 7) is 0. The Bertz CT molecular complexity index is 0. The van der Waals surface area contributed by atoms with E-state index in [2.05, 4.69) is 0 Å². The van der Waals surface area contributed by atoms with E-state index < -0.39 is 0 Å². The van der Waals surface area contributed by atoms with Gasteiger partial charge in [-0.1, -0.05) is 0 Å². The molecule has 0 aromatic rings. The van der Waals surface area contributed by atoms with Crippen LogP contribution in [-0.4, -0.2) is 0 Å². The number of hydrogen-bond acceptors (Lipinski definition) is 0. The van der Waals surface area contributed by atoms with Gasteiger partial charge in [0.15, 0.2) is 0 Å². The molecule has 0 fully saturated rings. The van der Waals surface area contributed by atoms with Crippen molar-refractivity contribution in [3.05, 3.63) is 0 Å². The quantitative estimate of drug-likeness (QED) is 0.360. The predicted molar refractivity (Wildman–Crippen MR) is 27.5 cm³/mol. The summed E-state index contributed by atoms with van der Waals surface area (Å²) >= 11 is 0. The van der Waals surface area contributed by atoms with Crippen molar-refractivity contribution in [2.24, 2.45) is 0 Å². The van der Waals surface area contributed by atoms with Crippen LogP contribution in [0.2, 0.25) is 0 Å². The van der Waals surface area contributed by atoms with E-state index in [1.54, 1.807) is 0 Å². The van der Waals surface area contributed by atoms with E-state index in [0.717, 1.165) is 0 Å². The molecule has 0 saturated carbocycles. The second-order valence-corrected chi connectivity index (χ2v) is 0. The molecule has 0 aromatic heterocycles. The zero-order valence-corrected chi connectivity index (χ0v) is 8.03. The van der Waals surface area contributed by atoms with E-state index in [-0.39, 0.29) is 14.1 Å². The molecule has 0 aliphatic heterocycles. The topological polar surface area (TPSA) is 0 Å². The third-order valence-corrected chi connectivity index (χ3v) is 0. The summed E-state index contributed by atoms with van der Waals surface area (Å²) in [6.07, 6.45) is 0. The molecule has 0 aromatic carbocycles. The molecule has 0 radical (unpaired) electrons. The molecule has 0 heterocycles. The number of hydrogen-bond donors (Lipinski definition) is 0. The van der Waals surface area contributed by atoms with Gasteiger partial charge in [0.25, 0.3) is 0 Å². The molecule has 0 spiro atoms. The molecule has 0 saturated heterocycles. The molecule has 0 bridgehead atoms. The Morgan fingerprint density at radius 3 is 0.143 bits per heavy atom. The summed E-state index contributed by atoms with van der Waals surface area (Å²) in [6, 6.07) is 0. The SMILES string of the molecule is F.F.F.FF.FF.FF.FF.FF.FF.FF.FF.FF. The zero-order valence-electron chi connectivity index (χ0n) is 8.03. The van der Waals surface area contributed by atoms with Crippen molar-refractivity contribution in [3.8, 4) is 0 Å². The van der Waals surface area contributed by atoms with Crippen LogP contribution in [0.25, 0.3) is 0 Å². The van der Waals surface area contributed by atoms with Crippen LogP contribution in [0.3, 0.4) is 0 Å². The van der Waals surface area contributed by atoms with Gasteiger partial charge >= 0.3 is 0 Å². The lowest BCUT2D eigenvalue weighted by Gasteiger charge is -1.00. The van der Waals surface area contributed by atoms with Gasteiger partial charge in [-0.05, 0) is 0 Å². The van der Waals surface area contributed by atoms with Crippen LogP contribution in [-0.2, 0) is 0 Å². The Kier molecular flexibility index (Phi) is 14800. The van der Waals surface area contributed by atoms with Crippen molar-refractivity contribution >= 4 is 0 Å². The maximum absolute atomic E-state index is 8.00. The smallest absolute Gasteiger partial charge is 0 e. The Labute approximate surface area is 98.3 Å². The second kappa shape index (κ2) is 2640. The molecule has 0 unspecified atom stereocenters. The Morgan fingerprint density at radius 2 is 0.143 bits per heavy atom. The van der Waals surface area contributed by atoms with Gasteiger partial charge < -0.3 is 0 Å². The van der Waals surface area contributed by atoms with Gasteiger partial charge in [0.05, 0.1) is 0 Å². The first-order valence-electron chi connectivity index (χ1n) is 1.29. The molecule has 21 heavy (non-hydrogen) atoms. The molecule has 150 valence electrons. The van der Waals surface area contributed by atoms with Gasteiger partial charge in [-0.15, -0.1) is 0 Å². The van der Waals surface area contributed by atoms with Crippen LogP contribution in [0.4, 0.5) is 96.4 Å². The lowest BCUT2D eigenvalue weighted by Crippen LogP contribution is -0.580. The van der Waals surface area contributed by atoms with Crippen molar-refractivity contribution in [1.29, 1.82) is 0 Å². The first kappa shape index (κ1) is 118. The molecular weight excluding hydrogens is 399 g/mol. The van der Waals surface area contributed by atoms with E-state index in [4.69, 9.17) is 82.3 Å². The first-order valence-corrected chi connectivity index (χ1v) is 1.29. The Morgan fingerprint density at radius 1 is 0.143 bits per heavy atom. The van der Waals surface area contributed by atoms with Gasteiger partial charge in [-0.25, -0.2) is 0 Å². The van der Waals surface area contributed by atoms with E-state index in [0.29, 0.717) is 0 Å². The molecule has 0 nitrogen and oxygen atoms in total. The van der Waals surface area contributed by atoms with Crippen LogP contribution in [0.5, 0.6) is 0 Å². The molecule has 21 heteroatoms. The summed E-state index contributed by atoms with van der Waals surface area (Å²) < 4.78 is 144. The monoisotopic (exact) mass is 402 g/mol. The van der Waals surface area contributed by atoms with Crippen LogP contribution < -0.4 is 0 Å². The summed E-state index contributed by atoms with van der Waals surface area (Å²) in [5.74, 6) is 0. The zero-order chi connectivity index (χ0) is 18.0. The van der Waals surface area contributed by atoms with Crippen molar-refractivity contribution in [2.75, 3.05) is 0 Å². The van der Waals surface area contributed by atoms with Crippen LogP contribution >= 0.6 is 0 Å². The second-order valence-electron chi connectivity index (χ2n) is 0. The third kappa shape index (κ3) is 2340. The normalized spacial score (nSPS) is 2.57. The van der Waals surface area contributed by atoms with Crippen LogP contribution in [0.1, 0.15) is 0 Å². The highest BCUT2D eigenvalue weighted by Crippen LogP contribution is 1.44. The summed E-state index contributed by atoms with van der Waals surface area (Å²) in [7, 11) is 0. The number of halogens is 21. The minimum absolute atomic E-state index is 0. The fourth-order valence-corrected chi connectivity index (χ4v) is 0. The van der Waals surface area contributed by atoms with E-state index in [1.807, 2.05) is 0 Å². The molecule has 0 N–H and O–H groups in total. The maximum Gasteiger partial charge on any atom is 0 e. The third-order valence-electron chi connectivity index (χ3n) is 0. The molecular formula is H3F21. The highest BCUT2D eigenvalue weighted by molar-refractivity contribution is 2.12. The predicted octanol–water partition coefficient (Wildman–Crippen LogP) is 8.02. The molecule has 0 aliphatic carbocycles. The van der Waals surface area contributed by atoms with E-state index in [1.165, 1.54) is 0 Å². The first-order chi connectivity index (χ1) is 9.00. The fraction of sp³-hybridized carbons (Fsp3) is 0. The number of rotatable bonds is 0. The van der Waals surface area contributed by atoms with Crippen molar-refractivity contribution in [2.45, 2.75) is 0 Å². The Balaban J connectivity index is -0.00000000426.